The summed E-state index contributed by atoms with van der Waals surface area (Å²) in [5, 5.41) is 13.3. The van der Waals surface area contributed by atoms with Crippen LogP contribution in [0.2, 0.25) is 10.0 Å². The summed E-state index contributed by atoms with van der Waals surface area (Å²) >= 11 is 13.3. The monoisotopic (exact) mass is 458 g/mol. The van der Waals surface area contributed by atoms with E-state index in [0.29, 0.717) is 33.3 Å². The highest BCUT2D eigenvalue weighted by molar-refractivity contribution is 7.99. The molecule has 2 heterocycles. The number of hydrogen-bond acceptors (Lipinski definition) is 5. The highest BCUT2D eigenvalue weighted by Crippen LogP contribution is 2.27. The van der Waals surface area contributed by atoms with Gasteiger partial charge in [-0.25, -0.2) is 0 Å². The number of aromatic nitrogens is 3. The average Bonchev–Trinajstić information content (AvgIpc) is 3.39. The van der Waals surface area contributed by atoms with Gasteiger partial charge >= 0.3 is 0 Å². The molecule has 6 nitrogen and oxygen atoms in total. The van der Waals surface area contributed by atoms with Gasteiger partial charge in [0.25, 0.3) is 0 Å². The molecule has 0 unspecified atom stereocenters. The third-order valence-corrected chi connectivity index (χ3v) is 5.61. The quantitative estimate of drug-likeness (QED) is 0.363. The van der Waals surface area contributed by atoms with Crippen LogP contribution in [0.15, 0.2) is 76.5 Å². The van der Waals surface area contributed by atoms with E-state index in [4.69, 9.17) is 27.6 Å². The minimum Gasteiger partial charge on any atom is -0.467 e. The lowest BCUT2D eigenvalue weighted by Gasteiger charge is -2.09. The maximum atomic E-state index is 12.4. The first-order valence-corrected chi connectivity index (χ1v) is 10.7. The summed E-state index contributed by atoms with van der Waals surface area (Å²) in [5.74, 6) is 1.42. The molecule has 0 saturated carbocycles. The van der Waals surface area contributed by atoms with Gasteiger partial charge in [-0.15, -0.1) is 10.2 Å². The number of furan rings is 1. The van der Waals surface area contributed by atoms with Crippen molar-refractivity contribution in [2.45, 2.75) is 11.7 Å². The number of nitrogens with zero attached hydrogens (tertiary/aromatic N) is 3. The molecular weight excluding hydrogens is 443 g/mol. The minimum absolute atomic E-state index is 0.154. The molecule has 9 heteroatoms. The van der Waals surface area contributed by atoms with Crippen molar-refractivity contribution < 1.29 is 9.21 Å². The van der Waals surface area contributed by atoms with Gasteiger partial charge in [0.05, 0.1) is 18.6 Å². The fourth-order valence-electron chi connectivity index (χ4n) is 2.80. The molecule has 0 aliphatic carbocycles. The van der Waals surface area contributed by atoms with E-state index in [1.165, 1.54) is 11.8 Å². The molecule has 0 saturated heterocycles. The Kier molecular flexibility index (Phi) is 6.42. The zero-order valence-corrected chi connectivity index (χ0v) is 17.9. The third-order valence-electron chi connectivity index (χ3n) is 4.15. The van der Waals surface area contributed by atoms with Gasteiger partial charge in [-0.05, 0) is 48.5 Å². The summed E-state index contributed by atoms with van der Waals surface area (Å²) in [4.78, 5) is 12.4. The number of carbonyl (C=O) groups is 1. The lowest BCUT2D eigenvalue weighted by Crippen LogP contribution is -2.14. The Morgan fingerprint density at radius 1 is 1.03 bits per heavy atom. The van der Waals surface area contributed by atoms with Crippen molar-refractivity contribution in [2.24, 2.45) is 0 Å². The van der Waals surface area contributed by atoms with Crippen LogP contribution in [0.1, 0.15) is 5.76 Å². The number of nitrogens with one attached hydrogen (secondary N) is 1. The van der Waals surface area contributed by atoms with Gasteiger partial charge in [-0.3, -0.25) is 9.36 Å². The number of halogens is 2. The topological polar surface area (TPSA) is 73.0 Å². The number of carbonyl (C=O) groups excluding carboxylic acids is 1. The molecule has 2 aromatic heterocycles. The van der Waals surface area contributed by atoms with Gasteiger partial charge in [-0.2, -0.15) is 0 Å². The van der Waals surface area contributed by atoms with Crippen molar-refractivity contribution >= 4 is 46.6 Å². The lowest BCUT2D eigenvalue weighted by molar-refractivity contribution is -0.113. The Morgan fingerprint density at radius 2 is 1.87 bits per heavy atom. The Hall–Kier alpha value is -2.74. The maximum Gasteiger partial charge on any atom is 0.234 e. The van der Waals surface area contributed by atoms with E-state index in [9.17, 15) is 4.79 Å². The summed E-state index contributed by atoms with van der Waals surface area (Å²) in [5.41, 5.74) is 1.51. The Balaban J connectivity index is 1.53. The molecule has 0 fully saturated rings. The molecule has 152 valence electrons. The SMILES string of the molecule is O=C(CSc1nnc(-c2cccc(Cl)c2)n1Cc1ccco1)Nc1ccc(Cl)cc1. The molecule has 1 N–H and O–H groups in total. The van der Waals surface area contributed by atoms with Crippen molar-refractivity contribution in [2.75, 3.05) is 11.1 Å². The molecule has 2 aromatic carbocycles. The van der Waals surface area contributed by atoms with Crippen LogP contribution in [0.25, 0.3) is 11.4 Å². The first-order chi connectivity index (χ1) is 14.6. The summed E-state index contributed by atoms with van der Waals surface area (Å²) in [6, 6.07) is 18.0. The first-order valence-electron chi connectivity index (χ1n) is 8.98. The number of amides is 1. The maximum absolute atomic E-state index is 12.4. The molecule has 0 bridgehead atoms. The number of benzene rings is 2. The van der Waals surface area contributed by atoms with Crippen molar-refractivity contribution in [3.05, 3.63) is 82.7 Å². The normalized spacial score (nSPS) is 10.9. The van der Waals surface area contributed by atoms with E-state index >= 15 is 0 Å². The zero-order chi connectivity index (χ0) is 20.9. The number of thioether (sulfide) groups is 1. The highest BCUT2D eigenvalue weighted by atomic mass is 35.5. The van der Waals surface area contributed by atoms with Gasteiger partial charge in [-0.1, -0.05) is 47.1 Å². The smallest absolute Gasteiger partial charge is 0.234 e. The standard InChI is InChI=1S/C21H16Cl2N4O2S/c22-15-6-8-17(9-7-15)24-19(28)13-30-21-26-25-20(14-3-1-4-16(23)11-14)27(21)12-18-5-2-10-29-18/h1-11H,12-13H2,(H,24,28). The number of anilines is 1. The summed E-state index contributed by atoms with van der Waals surface area (Å²) in [6.07, 6.45) is 1.62. The van der Waals surface area contributed by atoms with Gasteiger partial charge in [0, 0.05) is 21.3 Å². The van der Waals surface area contributed by atoms with Crippen molar-refractivity contribution in [3.8, 4) is 11.4 Å². The predicted molar refractivity (Wildman–Crippen MR) is 119 cm³/mol. The second kappa shape index (κ2) is 9.38. The molecule has 30 heavy (non-hydrogen) atoms. The van der Waals surface area contributed by atoms with Crippen LogP contribution in [0, 0.1) is 0 Å². The molecule has 0 atom stereocenters. The van der Waals surface area contributed by atoms with Crippen LogP contribution in [-0.2, 0) is 11.3 Å². The second-order valence-corrected chi connectivity index (χ2v) is 8.14. The Bertz CT molecular complexity index is 1140. The fraction of sp³-hybridized carbons (Fsp3) is 0.0952. The van der Waals surface area contributed by atoms with Gasteiger partial charge in [0.2, 0.25) is 5.91 Å². The molecule has 1 amide bonds. The summed E-state index contributed by atoms with van der Waals surface area (Å²) < 4.78 is 7.40. The van der Waals surface area contributed by atoms with E-state index in [2.05, 4.69) is 15.5 Å². The number of rotatable bonds is 7. The lowest BCUT2D eigenvalue weighted by atomic mass is 10.2. The van der Waals surface area contributed by atoms with Gasteiger partial charge in [0.15, 0.2) is 11.0 Å². The molecule has 0 aliphatic heterocycles. The highest BCUT2D eigenvalue weighted by Gasteiger charge is 2.17. The average molecular weight is 459 g/mol. The summed E-state index contributed by atoms with van der Waals surface area (Å²) in [7, 11) is 0. The van der Waals surface area contributed by atoms with Crippen molar-refractivity contribution in [1.29, 1.82) is 0 Å². The van der Waals surface area contributed by atoms with Crippen LogP contribution >= 0.6 is 35.0 Å². The Morgan fingerprint density at radius 3 is 2.60 bits per heavy atom. The van der Waals surface area contributed by atoms with E-state index < -0.39 is 0 Å². The van der Waals surface area contributed by atoms with Crippen LogP contribution in [0.3, 0.4) is 0 Å². The first kappa shape index (κ1) is 20.5. The van der Waals surface area contributed by atoms with Crippen LogP contribution in [-0.4, -0.2) is 26.4 Å². The minimum atomic E-state index is -0.154. The molecule has 4 aromatic rings. The largest absolute Gasteiger partial charge is 0.467 e. The third kappa shape index (κ3) is 5.05. The molecule has 4 rings (SSSR count). The van der Waals surface area contributed by atoms with Gasteiger partial charge < -0.3 is 9.73 Å². The van der Waals surface area contributed by atoms with Crippen molar-refractivity contribution in [3.63, 3.8) is 0 Å². The van der Waals surface area contributed by atoms with E-state index in [1.807, 2.05) is 34.9 Å². The fourth-order valence-corrected chi connectivity index (χ4v) is 3.85. The van der Waals surface area contributed by atoms with E-state index in [-0.39, 0.29) is 11.7 Å². The van der Waals surface area contributed by atoms with Crippen LogP contribution in [0.4, 0.5) is 5.69 Å². The number of hydrogen-bond donors (Lipinski definition) is 1. The second-order valence-electron chi connectivity index (χ2n) is 6.33. The molecule has 0 aliphatic rings. The zero-order valence-electron chi connectivity index (χ0n) is 15.6. The van der Waals surface area contributed by atoms with E-state index in [1.54, 1.807) is 36.6 Å². The summed E-state index contributed by atoms with van der Waals surface area (Å²) in [6.45, 7) is 0.434. The van der Waals surface area contributed by atoms with E-state index in [0.717, 1.165) is 11.3 Å². The molecular formula is C21H16Cl2N4O2S. The molecule has 0 radical (unpaired) electrons. The van der Waals surface area contributed by atoms with Crippen LogP contribution < -0.4 is 5.32 Å². The van der Waals surface area contributed by atoms with Crippen LogP contribution in [0.5, 0.6) is 0 Å². The Labute approximate surface area is 187 Å². The predicted octanol–water partition coefficient (Wildman–Crippen LogP) is 5.62. The molecule has 0 spiro atoms. The van der Waals surface area contributed by atoms with Crippen molar-refractivity contribution in [1.82, 2.24) is 14.8 Å². The van der Waals surface area contributed by atoms with Gasteiger partial charge in [0.1, 0.15) is 5.76 Å².